The van der Waals surface area contributed by atoms with Crippen molar-refractivity contribution in [2.45, 2.75) is 6.18 Å². The topological polar surface area (TPSA) is 20.3 Å². The number of carbonyl (C=O) groups is 1. The van der Waals surface area contributed by atoms with Gasteiger partial charge in [-0.2, -0.15) is 13.2 Å². The number of nitrogens with zero attached hydrogens (tertiary/aromatic N) is 1. The minimum atomic E-state index is -4.54. The van der Waals surface area contributed by atoms with Gasteiger partial charge in [-0.15, -0.1) is 0 Å². The van der Waals surface area contributed by atoms with Gasteiger partial charge in [0.1, 0.15) is 4.32 Å². The minimum Gasteiger partial charge on any atom is -0.273 e. The van der Waals surface area contributed by atoms with Crippen molar-refractivity contribution in [1.82, 2.24) is 0 Å². The molecule has 1 heterocycles. The van der Waals surface area contributed by atoms with E-state index in [1.807, 2.05) is 0 Å². The van der Waals surface area contributed by atoms with Crippen LogP contribution >= 0.6 is 39.9 Å². The average Bonchev–Trinajstić information content (AvgIpc) is 2.58. The number of carbonyl (C=O) groups excluding carboxylic acids is 1. The first-order chi connectivity index (χ1) is 8.30. The van der Waals surface area contributed by atoms with E-state index in [2.05, 4.69) is 15.9 Å². The summed E-state index contributed by atoms with van der Waals surface area (Å²) in [6, 6.07) is 3.63. The fraction of sp³-hybridized carbons (Fsp3) is 0.200. The average molecular weight is 356 g/mol. The predicted octanol–water partition coefficient (Wildman–Crippen LogP) is 3.83. The Labute approximate surface area is 119 Å². The SMILES string of the molecule is O=C1CSC(=S)N1c1ccc(Br)cc1C(F)(F)F. The number of hydrogen-bond acceptors (Lipinski definition) is 3. The first-order valence-electron chi connectivity index (χ1n) is 4.67. The van der Waals surface area contributed by atoms with Crippen molar-refractivity contribution in [1.29, 1.82) is 0 Å². The van der Waals surface area contributed by atoms with Crippen LogP contribution in [0, 0.1) is 0 Å². The molecular formula is C10H5BrF3NOS2. The molecule has 0 N–H and O–H groups in total. The molecule has 1 saturated heterocycles. The smallest absolute Gasteiger partial charge is 0.273 e. The zero-order chi connectivity index (χ0) is 13.5. The minimum absolute atomic E-state index is 0.0756. The van der Waals surface area contributed by atoms with Gasteiger partial charge in [0.15, 0.2) is 0 Å². The molecule has 0 radical (unpaired) electrons. The Morgan fingerprint density at radius 1 is 1.39 bits per heavy atom. The summed E-state index contributed by atoms with van der Waals surface area (Å²) in [5.41, 5.74) is -1.10. The Bertz CT molecular complexity index is 516. The van der Waals surface area contributed by atoms with Crippen LogP contribution < -0.4 is 4.90 Å². The molecule has 1 amide bonds. The van der Waals surface area contributed by atoms with E-state index in [0.29, 0.717) is 4.47 Å². The van der Waals surface area contributed by atoms with Gasteiger partial charge in [0.25, 0.3) is 0 Å². The lowest BCUT2D eigenvalue weighted by Crippen LogP contribution is -2.30. The fourth-order valence-corrected chi connectivity index (χ4v) is 2.96. The van der Waals surface area contributed by atoms with Crippen LogP contribution in [0.1, 0.15) is 5.56 Å². The maximum absolute atomic E-state index is 12.9. The molecule has 0 bridgehead atoms. The Morgan fingerprint density at radius 2 is 2.06 bits per heavy atom. The molecule has 0 spiro atoms. The number of hydrogen-bond donors (Lipinski definition) is 0. The second-order valence-corrected chi connectivity index (χ2v) is 5.97. The molecule has 2 nitrogen and oxygen atoms in total. The van der Waals surface area contributed by atoms with Crippen molar-refractivity contribution in [3.8, 4) is 0 Å². The van der Waals surface area contributed by atoms with Crippen LogP contribution in [0.25, 0.3) is 0 Å². The zero-order valence-electron chi connectivity index (χ0n) is 8.62. The molecule has 2 rings (SSSR count). The Kier molecular flexibility index (Phi) is 3.70. The van der Waals surface area contributed by atoms with Gasteiger partial charge in [0.05, 0.1) is 17.0 Å². The summed E-state index contributed by atoms with van der Waals surface area (Å²) in [6.07, 6.45) is -4.54. The molecule has 1 aromatic rings. The second kappa shape index (κ2) is 4.82. The van der Waals surface area contributed by atoms with E-state index < -0.39 is 17.6 Å². The number of alkyl halides is 3. The van der Waals surface area contributed by atoms with E-state index in [1.54, 1.807) is 0 Å². The lowest BCUT2D eigenvalue weighted by atomic mass is 10.1. The lowest BCUT2D eigenvalue weighted by molar-refractivity contribution is -0.137. The van der Waals surface area contributed by atoms with Crippen LogP contribution in [0.15, 0.2) is 22.7 Å². The highest BCUT2D eigenvalue weighted by molar-refractivity contribution is 9.10. The first kappa shape index (κ1) is 13.8. The summed E-state index contributed by atoms with van der Waals surface area (Å²) in [7, 11) is 0. The molecule has 1 aromatic carbocycles. The molecule has 1 fully saturated rings. The molecule has 0 aromatic heterocycles. The number of benzene rings is 1. The molecule has 96 valence electrons. The quantitative estimate of drug-likeness (QED) is 0.714. The van der Waals surface area contributed by atoms with Crippen molar-refractivity contribution in [3.63, 3.8) is 0 Å². The molecule has 0 aliphatic carbocycles. The highest BCUT2D eigenvalue weighted by Gasteiger charge is 2.39. The first-order valence-corrected chi connectivity index (χ1v) is 6.86. The molecule has 8 heteroatoms. The van der Waals surface area contributed by atoms with E-state index in [4.69, 9.17) is 12.2 Å². The highest BCUT2D eigenvalue weighted by atomic mass is 79.9. The van der Waals surface area contributed by atoms with Crippen LogP contribution in [-0.2, 0) is 11.0 Å². The predicted molar refractivity (Wildman–Crippen MR) is 71.7 cm³/mol. The van der Waals surface area contributed by atoms with Gasteiger partial charge in [-0.05, 0) is 18.2 Å². The van der Waals surface area contributed by atoms with Crippen LogP contribution in [0.5, 0.6) is 0 Å². The Morgan fingerprint density at radius 3 is 2.56 bits per heavy atom. The number of halogens is 4. The monoisotopic (exact) mass is 355 g/mol. The molecule has 0 saturated carbocycles. The summed E-state index contributed by atoms with van der Waals surface area (Å²) in [5.74, 6) is -0.357. The number of thiocarbonyl (C=S) groups is 1. The van der Waals surface area contributed by atoms with Gasteiger partial charge in [-0.25, -0.2) is 0 Å². The van der Waals surface area contributed by atoms with E-state index >= 15 is 0 Å². The summed E-state index contributed by atoms with van der Waals surface area (Å²) in [4.78, 5) is 12.5. The second-order valence-electron chi connectivity index (χ2n) is 3.44. The van der Waals surface area contributed by atoms with Crippen molar-refractivity contribution < 1.29 is 18.0 Å². The highest BCUT2D eigenvalue weighted by Crippen LogP contribution is 2.40. The molecule has 0 atom stereocenters. The largest absolute Gasteiger partial charge is 0.418 e. The van der Waals surface area contributed by atoms with Gasteiger partial charge in [-0.3, -0.25) is 9.69 Å². The number of rotatable bonds is 1. The Hall–Kier alpha value is -0.600. The van der Waals surface area contributed by atoms with Gasteiger partial charge in [-0.1, -0.05) is 39.9 Å². The zero-order valence-corrected chi connectivity index (χ0v) is 11.8. The van der Waals surface area contributed by atoms with Crippen molar-refractivity contribution in [3.05, 3.63) is 28.2 Å². The fourth-order valence-electron chi connectivity index (χ4n) is 1.52. The maximum atomic E-state index is 12.9. The summed E-state index contributed by atoms with van der Waals surface area (Å²) in [5, 5.41) is 0. The van der Waals surface area contributed by atoms with Gasteiger partial charge < -0.3 is 0 Å². The van der Waals surface area contributed by atoms with Crippen LogP contribution in [0.2, 0.25) is 0 Å². The van der Waals surface area contributed by atoms with Crippen LogP contribution in [0.4, 0.5) is 18.9 Å². The van der Waals surface area contributed by atoms with Crippen LogP contribution in [-0.4, -0.2) is 16.0 Å². The summed E-state index contributed by atoms with van der Waals surface area (Å²) in [6.45, 7) is 0. The normalized spacial score (nSPS) is 16.6. The van der Waals surface area contributed by atoms with Crippen molar-refractivity contribution in [2.24, 2.45) is 0 Å². The van der Waals surface area contributed by atoms with E-state index in [9.17, 15) is 18.0 Å². The van der Waals surface area contributed by atoms with Gasteiger partial charge in [0.2, 0.25) is 5.91 Å². The van der Waals surface area contributed by atoms with Gasteiger partial charge in [0, 0.05) is 4.47 Å². The molecule has 18 heavy (non-hydrogen) atoms. The molecule has 0 unspecified atom stereocenters. The van der Waals surface area contributed by atoms with Crippen molar-refractivity contribution in [2.75, 3.05) is 10.7 Å². The molecular weight excluding hydrogens is 351 g/mol. The van der Waals surface area contributed by atoms with Crippen molar-refractivity contribution >= 4 is 55.8 Å². The van der Waals surface area contributed by atoms with E-state index in [0.717, 1.165) is 22.7 Å². The third-order valence-corrected chi connectivity index (χ3v) is 4.11. The molecule has 1 aliphatic rings. The Balaban J connectivity index is 2.57. The molecule has 1 aliphatic heterocycles. The number of thioether (sulfide) groups is 1. The van der Waals surface area contributed by atoms with Crippen LogP contribution in [0.3, 0.4) is 0 Å². The standard InChI is InChI=1S/C10H5BrF3NOS2/c11-5-1-2-7(6(3-5)10(12,13)14)15-8(16)4-18-9(15)17/h1-3H,4H2. The number of amides is 1. The maximum Gasteiger partial charge on any atom is 0.418 e. The third-order valence-electron chi connectivity index (χ3n) is 2.26. The van der Waals surface area contributed by atoms with Gasteiger partial charge >= 0.3 is 6.18 Å². The van der Waals surface area contributed by atoms with E-state index in [-0.39, 0.29) is 15.8 Å². The lowest BCUT2D eigenvalue weighted by Gasteiger charge is -2.20. The third kappa shape index (κ3) is 2.55. The number of anilines is 1. The van der Waals surface area contributed by atoms with E-state index in [1.165, 1.54) is 12.1 Å². The summed E-state index contributed by atoms with van der Waals surface area (Å²) >= 11 is 8.95. The summed E-state index contributed by atoms with van der Waals surface area (Å²) < 4.78 is 39.2.